The van der Waals surface area contributed by atoms with Gasteiger partial charge in [-0.15, -0.1) is 0 Å². The molecule has 3 aromatic rings. The van der Waals surface area contributed by atoms with Gasteiger partial charge >= 0.3 is 12.2 Å². The predicted octanol–water partition coefficient (Wildman–Crippen LogP) is 7.43. The van der Waals surface area contributed by atoms with E-state index < -0.39 is 29.7 Å². The monoisotopic (exact) mass is 654 g/mol. The Balaban J connectivity index is 1.55. The lowest BCUT2D eigenvalue weighted by atomic mass is 9.88. The molecule has 0 unspecified atom stereocenters. The van der Waals surface area contributed by atoms with Crippen LogP contribution in [0.1, 0.15) is 55.6 Å². The number of halogens is 3. The zero-order valence-electron chi connectivity index (χ0n) is 25.1. The summed E-state index contributed by atoms with van der Waals surface area (Å²) in [4.78, 5) is 52.9. The summed E-state index contributed by atoms with van der Waals surface area (Å²) < 4.78 is 40.6. The number of methoxy groups -OCH3 is 1. The van der Waals surface area contributed by atoms with E-state index in [-0.39, 0.29) is 54.2 Å². The summed E-state index contributed by atoms with van der Waals surface area (Å²) in [5.41, 5.74) is 2.17. The molecular weight excluding hydrogens is 622 g/mol. The number of carbonyl (C=O) groups excluding carboxylic acids is 4. The van der Waals surface area contributed by atoms with E-state index in [1.54, 1.807) is 24.3 Å². The van der Waals surface area contributed by atoms with Crippen molar-refractivity contribution in [1.82, 2.24) is 4.90 Å². The normalized spacial score (nSPS) is 17.3. The molecule has 10 nitrogen and oxygen atoms in total. The molecule has 0 saturated carbocycles. The lowest BCUT2D eigenvalue weighted by molar-refractivity contribution is -0.133. The lowest BCUT2D eigenvalue weighted by Gasteiger charge is -2.29. The summed E-state index contributed by atoms with van der Waals surface area (Å²) >= 11 is 6.09. The fourth-order valence-corrected chi connectivity index (χ4v) is 5.83. The highest BCUT2D eigenvalue weighted by Gasteiger charge is 2.30. The quantitative estimate of drug-likeness (QED) is 0.264. The summed E-state index contributed by atoms with van der Waals surface area (Å²) in [6.45, 7) is 0.136. The van der Waals surface area contributed by atoms with Crippen LogP contribution in [0.4, 0.5) is 35.4 Å². The van der Waals surface area contributed by atoms with Crippen molar-refractivity contribution < 1.29 is 37.4 Å². The van der Waals surface area contributed by atoms with Crippen LogP contribution in [-0.2, 0) is 25.6 Å². The molecular formula is C33H33ClF2N4O6. The fourth-order valence-electron chi connectivity index (χ4n) is 5.65. The first kappa shape index (κ1) is 32.7. The number of hydrogen-bond acceptors (Lipinski definition) is 6. The topological polar surface area (TPSA) is 126 Å². The standard InChI is InChI=1S/C33H33ClF2N4O6/c1-45-32(43)37-22-8-9-23-19-14-20(16-21(35)15-19)24(6-2-3-7-29(41)38-28(23)17-22)31(42)40-12-4-5-13-46-33(44)39-27-11-10-26(34)30(36)25(27)18-40/h8-11,14-17,24H,2-7,12-13,18H2,1H3,(H,37,43)(H,38,41)(H,39,44)/t24-/m0/s1. The van der Waals surface area contributed by atoms with E-state index >= 15 is 8.78 Å². The molecule has 242 valence electrons. The highest BCUT2D eigenvalue weighted by Crippen LogP contribution is 2.37. The Morgan fingerprint density at radius 3 is 2.63 bits per heavy atom. The van der Waals surface area contributed by atoms with Crippen molar-refractivity contribution in [1.29, 1.82) is 0 Å². The van der Waals surface area contributed by atoms with E-state index in [1.165, 1.54) is 36.3 Å². The zero-order chi connectivity index (χ0) is 32.8. The smallest absolute Gasteiger partial charge is 0.411 e. The van der Waals surface area contributed by atoms with Gasteiger partial charge in [0, 0.05) is 29.8 Å². The molecule has 0 aliphatic carbocycles. The van der Waals surface area contributed by atoms with Crippen LogP contribution in [0.3, 0.4) is 0 Å². The van der Waals surface area contributed by atoms with Crippen LogP contribution < -0.4 is 16.0 Å². The Morgan fingerprint density at radius 1 is 1.00 bits per heavy atom. The van der Waals surface area contributed by atoms with Gasteiger partial charge in [0.25, 0.3) is 0 Å². The highest BCUT2D eigenvalue weighted by molar-refractivity contribution is 6.31. The van der Waals surface area contributed by atoms with Crippen molar-refractivity contribution in [3.8, 4) is 11.1 Å². The van der Waals surface area contributed by atoms with E-state index in [2.05, 4.69) is 20.7 Å². The second-order valence-electron chi connectivity index (χ2n) is 11.1. The first-order valence-corrected chi connectivity index (χ1v) is 15.3. The van der Waals surface area contributed by atoms with E-state index in [0.717, 1.165) is 0 Å². The van der Waals surface area contributed by atoms with Crippen molar-refractivity contribution >= 4 is 52.7 Å². The van der Waals surface area contributed by atoms with Crippen molar-refractivity contribution in [2.45, 2.75) is 51.0 Å². The minimum Gasteiger partial charge on any atom is -0.453 e. The largest absolute Gasteiger partial charge is 0.453 e. The molecule has 0 aromatic heterocycles. The van der Waals surface area contributed by atoms with Crippen molar-refractivity contribution in [2.75, 3.05) is 36.2 Å². The molecule has 2 heterocycles. The first-order chi connectivity index (χ1) is 22.1. The summed E-state index contributed by atoms with van der Waals surface area (Å²) in [7, 11) is 1.23. The van der Waals surface area contributed by atoms with Crippen molar-refractivity contribution in [2.24, 2.45) is 0 Å². The summed E-state index contributed by atoms with van der Waals surface area (Å²) in [6.07, 6.45) is 0.886. The molecule has 2 aliphatic heterocycles. The Morgan fingerprint density at radius 2 is 1.83 bits per heavy atom. The highest BCUT2D eigenvalue weighted by atomic mass is 35.5. The number of cyclic esters (lactones) is 1. The molecule has 2 aliphatic rings. The molecule has 0 saturated heterocycles. The third-order valence-electron chi connectivity index (χ3n) is 7.95. The van der Waals surface area contributed by atoms with Crippen molar-refractivity contribution in [3.05, 3.63) is 76.3 Å². The molecule has 0 spiro atoms. The van der Waals surface area contributed by atoms with Gasteiger partial charge in [-0.1, -0.05) is 30.2 Å². The molecule has 1 atom stereocenters. The molecule has 13 heteroatoms. The number of amides is 4. The SMILES string of the molecule is COC(=O)Nc1ccc2c(c1)NC(=O)CCCC[C@H](C(=O)N1CCCCOC(=O)Nc3ccc(Cl)c(F)c3C1)c1cc(F)cc-2c1. The number of anilines is 3. The van der Waals surface area contributed by atoms with Gasteiger partial charge in [0.1, 0.15) is 11.6 Å². The van der Waals surface area contributed by atoms with E-state index in [9.17, 15) is 19.2 Å². The number of nitrogens with one attached hydrogen (secondary N) is 3. The molecule has 4 amide bonds. The van der Waals surface area contributed by atoms with Gasteiger partial charge in [-0.05, 0) is 73.2 Å². The molecule has 2 bridgehead atoms. The average molecular weight is 655 g/mol. The predicted molar refractivity (Wildman–Crippen MR) is 169 cm³/mol. The molecule has 5 rings (SSSR count). The molecule has 46 heavy (non-hydrogen) atoms. The van der Waals surface area contributed by atoms with Gasteiger partial charge in [0.2, 0.25) is 11.8 Å². The van der Waals surface area contributed by atoms with Gasteiger partial charge in [-0.25, -0.2) is 18.4 Å². The fraction of sp³-hybridized carbons (Fsp3) is 0.333. The van der Waals surface area contributed by atoms with Crippen LogP contribution in [0.15, 0.2) is 48.5 Å². The molecule has 3 N–H and O–H groups in total. The van der Waals surface area contributed by atoms with Crippen LogP contribution in [0.2, 0.25) is 5.02 Å². The van der Waals surface area contributed by atoms with Gasteiger partial charge in [-0.3, -0.25) is 20.2 Å². The average Bonchev–Trinajstić information content (AvgIpc) is 3.05. The van der Waals surface area contributed by atoms with Crippen LogP contribution in [0.25, 0.3) is 11.1 Å². The Kier molecular flexibility index (Phi) is 10.4. The van der Waals surface area contributed by atoms with Gasteiger partial charge in [0.15, 0.2) is 0 Å². The lowest BCUT2D eigenvalue weighted by Crippen LogP contribution is -2.36. The third kappa shape index (κ3) is 7.74. The number of rotatable bonds is 2. The van der Waals surface area contributed by atoms with Crippen LogP contribution in [0, 0.1) is 11.6 Å². The minimum atomic E-state index is -0.817. The molecule has 0 radical (unpaired) electrons. The molecule has 0 fully saturated rings. The van der Waals surface area contributed by atoms with Crippen LogP contribution >= 0.6 is 11.6 Å². The Bertz CT molecular complexity index is 1670. The third-order valence-corrected chi connectivity index (χ3v) is 8.24. The number of fused-ring (bicyclic) bond motifs is 5. The van der Waals surface area contributed by atoms with Crippen LogP contribution in [0.5, 0.6) is 0 Å². The van der Waals surface area contributed by atoms with Crippen LogP contribution in [-0.4, -0.2) is 49.2 Å². The second kappa shape index (κ2) is 14.6. The van der Waals surface area contributed by atoms with E-state index in [0.29, 0.717) is 60.2 Å². The number of ether oxygens (including phenoxy) is 2. The Hall–Kier alpha value is -4.71. The summed E-state index contributed by atoms with van der Waals surface area (Å²) in [6, 6.07) is 11.9. The maximum atomic E-state index is 15.4. The number of hydrogen-bond donors (Lipinski definition) is 3. The van der Waals surface area contributed by atoms with E-state index in [1.807, 2.05) is 0 Å². The maximum absolute atomic E-state index is 15.4. The van der Waals surface area contributed by atoms with Gasteiger partial charge in [0.05, 0.1) is 42.6 Å². The summed E-state index contributed by atoms with van der Waals surface area (Å²) in [5.74, 6) is -2.81. The van der Waals surface area contributed by atoms with Gasteiger partial charge < -0.3 is 19.7 Å². The molecule has 3 aromatic carbocycles. The van der Waals surface area contributed by atoms with Gasteiger partial charge in [-0.2, -0.15) is 0 Å². The summed E-state index contributed by atoms with van der Waals surface area (Å²) in [5, 5.41) is 7.79. The second-order valence-corrected chi connectivity index (χ2v) is 11.5. The maximum Gasteiger partial charge on any atom is 0.411 e. The Labute approximate surface area is 269 Å². The minimum absolute atomic E-state index is 0.0229. The number of benzene rings is 3. The first-order valence-electron chi connectivity index (χ1n) is 14.9. The van der Waals surface area contributed by atoms with E-state index in [4.69, 9.17) is 16.3 Å². The zero-order valence-corrected chi connectivity index (χ0v) is 25.8. The van der Waals surface area contributed by atoms with Crippen molar-refractivity contribution in [3.63, 3.8) is 0 Å². The number of nitrogens with zero attached hydrogens (tertiary/aromatic N) is 1. The number of carbonyl (C=O) groups is 4.